The maximum atomic E-state index is 10.0. The first-order chi connectivity index (χ1) is 10.6. The van der Waals surface area contributed by atoms with Crippen molar-refractivity contribution in [2.24, 2.45) is 5.92 Å². The van der Waals surface area contributed by atoms with Crippen molar-refractivity contribution in [2.75, 3.05) is 6.61 Å². The number of aromatic nitrogens is 2. The summed E-state index contributed by atoms with van der Waals surface area (Å²) in [7, 11) is 0. The summed E-state index contributed by atoms with van der Waals surface area (Å²) < 4.78 is 5.86. The van der Waals surface area contributed by atoms with Gasteiger partial charge in [-0.25, -0.2) is 4.98 Å². The lowest BCUT2D eigenvalue weighted by molar-refractivity contribution is 0.0425. The minimum atomic E-state index is -0.339. The number of aliphatic hydroxyl groups excluding tert-OH is 2. The van der Waals surface area contributed by atoms with Crippen molar-refractivity contribution < 1.29 is 14.9 Å². The monoisotopic (exact) mass is 344 g/mol. The first-order valence-electron chi connectivity index (χ1n) is 7.38. The van der Waals surface area contributed by atoms with Crippen LogP contribution in [0.15, 0.2) is 6.07 Å². The van der Waals surface area contributed by atoms with Crippen LogP contribution < -0.4 is 4.74 Å². The number of fused-ring (bicyclic) bond motifs is 1. The van der Waals surface area contributed by atoms with Crippen molar-refractivity contribution in [1.29, 1.82) is 0 Å². The van der Waals surface area contributed by atoms with E-state index in [0.717, 1.165) is 25.7 Å². The molecule has 3 rings (SSSR count). The van der Waals surface area contributed by atoms with Crippen LogP contribution in [0.2, 0.25) is 10.0 Å². The van der Waals surface area contributed by atoms with Gasteiger partial charge in [-0.05, 0) is 18.9 Å². The molecule has 1 aromatic heterocycles. The first-order valence-corrected chi connectivity index (χ1v) is 8.14. The number of aromatic amines is 1. The summed E-state index contributed by atoms with van der Waals surface area (Å²) in [4.78, 5) is 7.25. The van der Waals surface area contributed by atoms with Gasteiger partial charge in [-0.3, -0.25) is 0 Å². The Morgan fingerprint density at radius 3 is 2.82 bits per heavy atom. The van der Waals surface area contributed by atoms with Crippen LogP contribution in [0.4, 0.5) is 0 Å². The van der Waals surface area contributed by atoms with E-state index in [0.29, 0.717) is 39.3 Å². The standard InChI is InChI=1S/C15H18Cl2N2O3/c16-9-5-10-14(19-12(6-20)18-10)15(13(9)17)22-7-8-3-1-2-4-11(8)21/h5,8,11,20-21H,1-4,6-7H2,(H,18,19)/t8-,11+/m1/s1. The molecule has 0 saturated heterocycles. The third-order valence-corrected chi connectivity index (χ3v) is 4.91. The second-order valence-electron chi connectivity index (χ2n) is 5.66. The van der Waals surface area contributed by atoms with Gasteiger partial charge in [-0.2, -0.15) is 0 Å². The van der Waals surface area contributed by atoms with E-state index in [1.54, 1.807) is 6.07 Å². The highest BCUT2D eigenvalue weighted by Gasteiger charge is 2.25. The van der Waals surface area contributed by atoms with E-state index in [1.807, 2.05) is 0 Å². The van der Waals surface area contributed by atoms with Gasteiger partial charge in [0.25, 0.3) is 0 Å². The molecule has 0 aliphatic heterocycles. The van der Waals surface area contributed by atoms with Crippen LogP contribution >= 0.6 is 23.2 Å². The molecule has 1 heterocycles. The quantitative estimate of drug-likeness (QED) is 0.795. The fourth-order valence-corrected chi connectivity index (χ4v) is 3.29. The SMILES string of the molecule is OCc1nc2c(OC[C@H]3CCCC[C@@H]3O)c(Cl)c(Cl)cc2[nH]1. The summed E-state index contributed by atoms with van der Waals surface area (Å²) in [6.07, 6.45) is 3.56. The molecular weight excluding hydrogens is 327 g/mol. The van der Waals surface area contributed by atoms with E-state index >= 15 is 0 Å². The summed E-state index contributed by atoms with van der Waals surface area (Å²) >= 11 is 12.4. The largest absolute Gasteiger partial charge is 0.489 e. The number of nitrogens with one attached hydrogen (secondary N) is 1. The predicted octanol–water partition coefficient (Wildman–Crippen LogP) is 3.29. The summed E-state index contributed by atoms with van der Waals surface area (Å²) in [5, 5.41) is 19.9. The molecule has 22 heavy (non-hydrogen) atoms. The van der Waals surface area contributed by atoms with E-state index in [2.05, 4.69) is 9.97 Å². The van der Waals surface area contributed by atoms with Gasteiger partial charge in [0.15, 0.2) is 5.75 Å². The molecule has 120 valence electrons. The zero-order valence-electron chi connectivity index (χ0n) is 12.0. The van der Waals surface area contributed by atoms with Crippen molar-refractivity contribution in [3.63, 3.8) is 0 Å². The van der Waals surface area contributed by atoms with Gasteiger partial charge in [-0.15, -0.1) is 0 Å². The Kier molecular flexibility index (Phi) is 4.78. The summed E-state index contributed by atoms with van der Waals surface area (Å²) in [6, 6.07) is 1.66. The molecule has 2 atom stereocenters. The predicted molar refractivity (Wildman–Crippen MR) is 85.5 cm³/mol. The van der Waals surface area contributed by atoms with Gasteiger partial charge in [0.1, 0.15) is 23.0 Å². The van der Waals surface area contributed by atoms with Crippen LogP contribution in [0.5, 0.6) is 5.75 Å². The van der Waals surface area contributed by atoms with E-state index in [4.69, 9.17) is 27.9 Å². The Hall–Kier alpha value is -1.01. The molecular formula is C15H18Cl2N2O3. The van der Waals surface area contributed by atoms with Crippen molar-refractivity contribution >= 4 is 34.2 Å². The Morgan fingerprint density at radius 2 is 2.09 bits per heavy atom. The molecule has 0 bridgehead atoms. The minimum Gasteiger partial charge on any atom is -0.489 e. The molecule has 0 amide bonds. The van der Waals surface area contributed by atoms with Crippen molar-refractivity contribution in [3.8, 4) is 5.75 Å². The molecule has 1 aromatic carbocycles. The van der Waals surface area contributed by atoms with Gasteiger partial charge in [-0.1, -0.05) is 36.0 Å². The fourth-order valence-electron chi connectivity index (χ4n) is 2.90. The molecule has 5 nitrogen and oxygen atoms in total. The van der Waals surface area contributed by atoms with Crippen LogP contribution in [-0.4, -0.2) is 32.9 Å². The van der Waals surface area contributed by atoms with Gasteiger partial charge >= 0.3 is 0 Å². The highest BCUT2D eigenvalue weighted by molar-refractivity contribution is 6.44. The van der Waals surface area contributed by atoms with E-state index in [9.17, 15) is 10.2 Å². The Morgan fingerprint density at radius 1 is 1.32 bits per heavy atom. The van der Waals surface area contributed by atoms with E-state index in [-0.39, 0.29) is 18.6 Å². The lowest BCUT2D eigenvalue weighted by Crippen LogP contribution is -2.29. The molecule has 1 aliphatic carbocycles. The van der Waals surface area contributed by atoms with Crippen molar-refractivity contribution in [3.05, 3.63) is 21.9 Å². The number of hydrogen-bond acceptors (Lipinski definition) is 4. The lowest BCUT2D eigenvalue weighted by atomic mass is 9.87. The van der Waals surface area contributed by atoms with Gasteiger partial charge in [0, 0.05) is 5.92 Å². The summed E-state index contributed by atoms with van der Waals surface area (Å²) in [5.74, 6) is 0.920. The van der Waals surface area contributed by atoms with Crippen molar-refractivity contribution in [2.45, 2.75) is 38.4 Å². The topological polar surface area (TPSA) is 78.4 Å². The number of H-pyrrole nitrogens is 1. The highest BCUT2D eigenvalue weighted by Crippen LogP contribution is 2.39. The summed E-state index contributed by atoms with van der Waals surface area (Å²) in [5.41, 5.74) is 1.21. The molecule has 0 spiro atoms. The zero-order valence-corrected chi connectivity index (χ0v) is 13.5. The Bertz CT molecular complexity index is 674. The maximum Gasteiger partial charge on any atom is 0.167 e. The van der Waals surface area contributed by atoms with Crippen LogP contribution in [-0.2, 0) is 6.61 Å². The number of nitrogens with zero attached hydrogens (tertiary/aromatic N) is 1. The third-order valence-electron chi connectivity index (χ3n) is 4.14. The van der Waals surface area contributed by atoms with E-state index < -0.39 is 0 Å². The first kappa shape index (κ1) is 15.9. The second-order valence-corrected chi connectivity index (χ2v) is 6.45. The smallest absolute Gasteiger partial charge is 0.167 e. The third kappa shape index (κ3) is 3.04. The number of halogens is 2. The number of aliphatic hydroxyl groups is 2. The number of benzene rings is 1. The van der Waals surface area contributed by atoms with Crippen LogP contribution in [0.1, 0.15) is 31.5 Å². The molecule has 3 N–H and O–H groups in total. The maximum absolute atomic E-state index is 10.0. The van der Waals surface area contributed by atoms with Crippen molar-refractivity contribution in [1.82, 2.24) is 9.97 Å². The molecule has 1 aliphatic rings. The van der Waals surface area contributed by atoms with Crippen LogP contribution in [0, 0.1) is 5.92 Å². The molecule has 2 aromatic rings. The average Bonchev–Trinajstić information content (AvgIpc) is 2.92. The lowest BCUT2D eigenvalue weighted by Gasteiger charge is -2.27. The number of imidazole rings is 1. The second kappa shape index (κ2) is 6.62. The average molecular weight is 345 g/mol. The highest BCUT2D eigenvalue weighted by atomic mass is 35.5. The van der Waals surface area contributed by atoms with Gasteiger partial charge < -0.3 is 19.9 Å². The molecule has 1 saturated carbocycles. The summed E-state index contributed by atoms with van der Waals surface area (Å²) in [6.45, 7) is 0.169. The minimum absolute atomic E-state index is 0.0927. The normalized spacial score (nSPS) is 22.2. The molecule has 1 fully saturated rings. The molecule has 0 radical (unpaired) electrons. The van der Waals surface area contributed by atoms with Crippen LogP contribution in [0.25, 0.3) is 11.0 Å². The van der Waals surface area contributed by atoms with E-state index in [1.165, 1.54) is 0 Å². The van der Waals surface area contributed by atoms with Crippen LogP contribution in [0.3, 0.4) is 0 Å². The Balaban J connectivity index is 1.88. The number of ether oxygens (including phenoxy) is 1. The van der Waals surface area contributed by atoms with Gasteiger partial charge in [0.2, 0.25) is 0 Å². The fraction of sp³-hybridized carbons (Fsp3) is 0.533. The number of rotatable bonds is 4. The van der Waals surface area contributed by atoms with Gasteiger partial charge in [0.05, 0.1) is 23.3 Å². The number of hydrogen-bond donors (Lipinski definition) is 3. The Labute approximate surface area is 138 Å². The zero-order chi connectivity index (χ0) is 15.7. The molecule has 7 heteroatoms. The molecule has 0 unspecified atom stereocenters.